The predicted molar refractivity (Wildman–Crippen MR) is 118 cm³/mol. The van der Waals surface area contributed by atoms with E-state index in [4.69, 9.17) is 21.1 Å². The zero-order chi connectivity index (χ0) is 21.5. The first-order valence-corrected chi connectivity index (χ1v) is 10.4. The van der Waals surface area contributed by atoms with E-state index in [1.165, 1.54) is 17.6 Å². The average molecular weight is 443 g/mol. The van der Waals surface area contributed by atoms with Crippen LogP contribution in [0.1, 0.15) is 38.1 Å². The number of benzene rings is 2. The van der Waals surface area contributed by atoms with Gasteiger partial charge in [-0.3, -0.25) is 4.79 Å². The number of nitrogens with zero attached hydrogens (tertiary/aromatic N) is 1. The van der Waals surface area contributed by atoms with Gasteiger partial charge in [0, 0.05) is 0 Å². The molecule has 3 rings (SSSR count). The van der Waals surface area contributed by atoms with Crippen molar-refractivity contribution < 1.29 is 19.1 Å². The molecule has 0 saturated carbocycles. The molecule has 0 unspecified atom stereocenters. The smallest absolute Gasteiger partial charge is 0.353 e. The van der Waals surface area contributed by atoms with E-state index in [0.29, 0.717) is 39.1 Å². The maximum Gasteiger partial charge on any atom is 0.353 e. The molecular weight excluding hydrogens is 424 g/mol. The first kappa shape index (κ1) is 21.5. The molecule has 2 aromatic carbocycles. The van der Waals surface area contributed by atoms with Gasteiger partial charge in [-0.1, -0.05) is 23.7 Å². The van der Waals surface area contributed by atoms with Gasteiger partial charge in [-0.15, -0.1) is 11.3 Å². The summed E-state index contributed by atoms with van der Waals surface area (Å²) in [6.07, 6.45) is 1.47. The zero-order valence-corrected chi connectivity index (χ0v) is 17.9. The maximum atomic E-state index is 12.2. The molecule has 8 heteroatoms. The Bertz CT molecular complexity index is 1080. The molecule has 1 N–H and O–H groups in total. The molecule has 0 atom stereocenters. The minimum Gasteiger partial charge on any atom is -0.490 e. The quantitative estimate of drug-likeness (QED) is 0.239. The van der Waals surface area contributed by atoms with Crippen molar-refractivity contribution in [1.29, 1.82) is 0 Å². The third kappa shape index (κ3) is 5.46. The summed E-state index contributed by atoms with van der Waals surface area (Å²) < 4.78 is 11.0. The Morgan fingerprint density at radius 2 is 2.00 bits per heavy atom. The van der Waals surface area contributed by atoms with Crippen LogP contribution >= 0.6 is 22.9 Å². The van der Waals surface area contributed by atoms with E-state index in [1.54, 1.807) is 53.9 Å². The first-order valence-electron chi connectivity index (χ1n) is 9.10. The summed E-state index contributed by atoms with van der Waals surface area (Å²) in [6, 6.07) is 13.6. The van der Waals surface area contributed by atoms with Crippen LogP contribution in [-0.4, -0.2) is 24.7 Å². The molecule has 0 aliphatic heterocycles. The van der Waals surface area contributed by atoms with E-state index < -0.39 is 11.9 Å². The van der Waals surface area contributed by atoms with Gasteiger partial charge in [-0.2, -0.15) is 5.10 Å². The van der Waals surface area contributed by atoms with Gasteiger partial charge in [0.25, 0.3) is 5.91 Å². The summed E-state index contributed by atoms with van der Waals surface area (Å²) >= 11 is 7.40. The Kier molecular flexibility index (Phi) is 7.21. The number of esters is 1. The van der Waals surface area contributed by atoms with Crippen LogP contribution in [0.4, 0.5) is 0 Å². The molecule has 0 radical (unpaired) electrons. The molecule has 0 aliphatic carbocycles. The number of thiophene rings is 1. The number of carbonyl (C=O) groups is 2. The monoisotopic (exact) mass is 442 g/mol. The van der Waals surface area contributed by atoms with Crippen molar-refractivity contribution in [3.05, 3.63) is 80.5 Å². The van der Waals surface area contributed by atoms with E-state index in [0.717, 1.165) is 5.56 Å². The minimum absolute atomic E-state index is 0.308. The number of hydrogen-bond acceptors (Lipinski definition) is 6. The summed E-state index contributed by atoms with van der Waals surface area (Å²) in [4.78, 5) is 24.9. The fraction of sp³-hybridized carbons (Fsp3) is 0.136. The van der Waals surface area contributed by atoms with Gasteiger partial charge in [0.15, 0.2) is 11.5 Å². The standard InChI is InChI=1S/C22H19ClN2O4S/c1-3-28-19-12-15(7-9-18(19)29-22(27)20-5-4-10-30-20)13-24-25-21(26)16-8-6-14(2)11-17(16)23/h4-13H,3H2,1-2H3,(H,25,26)/b24-13+. The van der Waals surface area contributed by atoms with Crippen molar-refractivity contribution in [1.82, 2.24) is 5.43 Å². The molecule has 0 aliphatic rings. The van der Waals surface area contributed by atoms with Crippen molar-refractivity contribution in [3.63, 3.8) is 0 Å². The van der Waals surface area contributed by atoms with Crippen LogP contribution in [0.15, 0.2) is 59.0 Å². The molecule has 1 amide bonds. The fourth-order valence-electron chi connectivity index (χ4n) is 2.53. The minimum atomic E-state index is -0.449. The van der Waals surface area contributed by atoms with Crippen LogP contribution in [0.3, 0.4) is 0 Å². The van der Waals surface area contributed by atoms with Crippen LogP contribution in [0.5, 0.6) is 11.5 Å². The Balaban J connectivity index is 1.70. The molecule has 30 heavy (non-hydrogen) atoms. The number of hydrogen-bond donors (Lipinski definition) is 1. The Labute approximate surface area is 183 Å². The molecule has 0 spiro atoms. The number of nitrogens with one attached hydrogen (secondary N) is 1. The highest BCUT2D eigenvalue weighted by atomic mass is 35.5. The molecule has 154 valence electrons. The number of halogens is 1. The Hall–Kier alpha value is -3.16. The second-order valence-electron chi connectivity index (χ2n) is 6.19. The number of rotatable bonds is 7. The first-order chi connectivity index (χ1) is 14.5. The number of hydrazone groups is 1. The van der Waals surface area contributed by atoms with E-state index >= 15 is 0 Å². The number of aryl methyl sites for hydroxylation is 1. The highest BCUT2D eigenvalue weighted by Crippen LogP contribution is 2.29. The second kappa shape index (κ2) is 10.0. The second-order valence-corrected chi connectivity index (χ2v) is 7.54. The molecule has 6 nitrogen and oxygen atoms in total. The van der Waals surface area contributed by atoms with Crippen LogP contribution in [-0.2, 0) is 0 Å². The molecule has 0 fully saturated rings. The molecule has 1 heterocycles. The number of amides is 1. The van der Waals surface area contributed by atoms with E-state index in [2.05, 4.69) is 10.5 Å². The third-order valence-electron chi connectivity index (χ3n) is 3.94. The van der Waals surface area contributed by atoms with Crippen LogP contribution < -0.4 is 14.9 Å². The van der Waals surface area contributed by atoms with Crippen molar-refractivity contribution in [2.24, 2.45) is 5.10 Å². The van der Waals surface area contributed by atoms with Gasteiger partial charge in [0.05, 0.1) is 23.4 Å². The molecule has 0 saturated heterocycles. The van der Waals surface area contributed by atoms with Crippen LogP contribution in [0.25, 0.3) is 0 Å². The van der Waals surface area contributed by atoms with E-state index in [1.807, 2.05) is 13.8 Å². The van der Waals surface area contributed by atoms with Gasteiger partial charge in [-0.25, -0.2) is 10.2 Å². The van der Waals surface area contributed by atoms with Crippen molar-refractivity contribution in [2.75, 3.05) is 6.61 Å². The topological polar surface area (TPSA) is 77.0 Å². The lowest BCUT2D eigenvalue weighted by Gasteiger charge is -2.10. The SMILES string of the molecule is CCOc1cc(/C=N/NC(=O)c2ccc(C)cc2Cl)ccc1OC(=O)c1cccs1. The molecule has 3 aromatic rings. The van der Waals surface area contributed by atoms with Crippen LogP contribution in [0.2, 0.25) is 5.02 Å². The lowest BCUT2D eigenvalue weighted by molar-refractivity contribution is 0.0733. The summed E-state index contributed by atoms with van der Waals surface area (Å²) in [5.41, 5.74) is 4.40. The van der Waals surface area contributed by atoms with Crippen LogP contribution in [0, 0.1) is 6.92 Å². The maximum absolute atomic E-state index is 12.2. The van der Waals surface area contributed by atoms with Gasteiger partial charge in [0.1, 0.15) is 4.88 Å². The van der Waals surface area contributed by atoms with Gasteiger partial charge in [0.2, 0.25) is 0 Å². The number of ether oxygens (including phenoxy) is 2. The highest BCUT2D eigenvalue weighted by Gasteiger charge is 2.14. The van der Waals surface area contributed by atoms with Crippen molar-refractivity contribution in [3.8, 4) is 11.5 Å². The highest BCUT2D eigenvalue weighted by molar-refractivity contribution is 7.12. The predicted octanol–water partition coefficient (Wildman–Crippen LogP) is 5.09. The zero-order valence-electron chi connectivity index (χ0n) is 16.3. The largest absolute Gasteiger partial charge is 0.490 e. The average Bonchev–Trinajstić information content (AvgIpc) is 3.25. The lowest BCUT2D eigenvalue weighted by atomic mass is 10.1. The summed E-state index contributed by atoms with van der Waals surface area (Å²) in [7, 11) is 0. The van der Waals surface area contributed by atoms with Gasteiger partial charge in [-0.05, 0) is 66.8 Å². The van der Waals surface area contributed by atoms with E-state index in [-0.39, 0.29) is 0 Å². The summed E-state index contributed by atoms with van der Waals surface area (Å²) in [5.74, 6) is -0.153. The molecule has 0 bridgehead atoms. The summed E-state index contributed by atoms with van der Waals surface area (Å²) in [6.45, 7) is 4.12. The van der Waals surface area contributed by atoms with Crippen molar-refractivity contribution >= 4 is 41.0 Å². The molecular formula is C22H19ClN2O4S. The van der Waals surface area contributed by atoms with Gasteiger partial charge >= 0.3 is 5.97 Å². The normalized spacial score (nSPS) is 10.8. The Morgan fingerprint density at radius 1 is 1.17 bits per heavy atom. The summed E-state index contributed by atoms with van der Waals surface area (Å²) in [5, 5.41) is 6.13. The fourth-order valence-corrected chi connectivity index (χ4v) is 3.45. The number of carbonyl (C=O) groups excluding carboxylic acids is 2. The van der Waals surface area contributed by atoms with Gasteiger partial charge < -0.3 is 9.47 Å². The van der Waals surface area contributed by atoms with E-state index in [9.17, 15) is 9.59 Å². The molecule has 1 aromatic heterocycles. The van der Waals surface area contributed by atoms with Crippen molar-refractivity contribution in [2.45, 2.75) is 13.8 Å². The Morgan fingerprint density at radius 3 is 2.70 bits per heavy atom. The third-order valence-corrected chi connectivity index (χ3v) is 5.10. The lowest BCUT2D eigenvalue weighted by Crippen LogP contribution is -2.18.